The minimum absolute atomic E-state index is 0.223. The molecule has 0 unspecified atom stereocenters. The fourth-order valence-electron chi connectivity index (χ4n) is 7.24. The van der Waals surface area contributed by atoms with E-state index >= 15 is 0 Å². The minimum atomic E-state index is -1.76. The van der Waals surface area contributed by atoms with Crippen molar-refractivity contribution in [2.24, 2.45) is 29.1 Å². The summed E-state index contributed by atoms with van der Waals surface area (Å²) in [5.41, 5.74) is 4.80. The third-order valence-electron chi connectivity index (χ3n) is 10.8. The van der Waals surface area contributed by atoms with Gasteiger partial charge in [0.1, 0.15) is 0 Å². The first-order valence-electron chi connectivity index (χ1n) is 14.9. The van der Waals surface area contributed by atoms with Crippen molar-refractivity contribution in [2.75, 3.05) is 0 Å². The van der Waals surface area contributed by atoms with Crippen LogP contribution in [0.3, 0.4) is 0 Å². The molecule has 0 radical (unpaired) electrons. The van der Waals surface area contributed by atoms with Crippen LogP contribution in [-0.2, 0) is 4.43 Å². The van der Waals surface area contributed by atoms with Crippen molar-refractivity contribution in [3.8, 4) is 0 Å². The Hall–Kier alpha value is -0.903. The van der Waals surface area contributed by atoms with Gasteiger partial charge in [0, 0.05) is 6.10 Å². The molecule has 0 aliphatic heterocycles. The van der Waals surface area contributed by atoms with Gasteiger partial charge in [-0.25, -0.2) is 0 Å². The summed E-state index contributed by atoms with van der Waals surface area (Å²) in [6.45, 7) is 21.2. The summed E-state index contributed by atoms with van der Waals surface area (Å²) < 4.78 is 6.81. The van der Waals surface area contributed by atoms with E-state index in [1.54, 1.807) is 5.57 Å². The van der Waals surface area contributed by atoms with Crippen molar-refractivity contribution in [1.82, 2.24) is 0 Å². The molecule has 0 bridgehead atoms. The molecule has 3 heteroatoms. The van der Waals surface area contributed by atoms with Crippen LogP contribution in [0.5, 0.6) is 0 Å². The van der Waals surface area contributed by atoms with Crippen molar-refractivity contribution < 1.29 is 9.53 Å². The molecule has 2 nitrogen and oxygen atoms in total. The number of aliphatic hydroxyl groups excluding tert-OH is 1. The predicted octanol–water partition coefficient (Wildman–Crippen LogP) is 9.15. The lowest BCUT2D eigenvalue weighted by Crippen LogP contribution is -2.44. The molecule has 6 atom stereocenters. The zero-order chi connectivity index (χ0) is 26.3. The van der Waals surface area contributed by atoms with E-state index in [1.165, 1.54) is 56.1 Å². The summed E-state index contributed by atoms with van der Waals surface area (Å²) in [5.74, 6) is 2.48. The number of allylic oxidation sites excluding steroid dienone is 5. The van der Waals surface area contributed by atoms with Crippen molar-refractivity contribution in [2.45, 2.75) is 129 Å². The third kappa shape index (κ3) is 6.05. The molecule has 0 aromatic heterocycles. The molecule has 4 rings (SSSR count). The van der Waals surface area contributed by atoms with Gasteiger partial charge < -0.3 is 9.53 Å². The molecule has 202 valence electrons. The van der Waals surface area contributed by atoms with Crippen molar-refractivity contribution in [1.29, 1.82) is 0 Å². The molecule has 4 aliphatic rings. The first-order valence-corrected chi connectivity index (χ1v) is 17.8. The largest absolute Gasteiger partial charge is 0.414 e. The Kier molecular flexibility index (Phi) is 8.35. The molecule has 0 aromatic rings. The zero-order valence-electron chi connectivity index (χ0n) is 24.4. The Bertz CT molecular complexity index is 899. The van der Waals surface area contributed by atoms with Gasteiger partial charge in [-0.05, 0) is 117 Å². The molecule has 1 N–H and O–H groups in total. The maximum absolute atomic E-state index is 10.3. The zero-order valence-corrected chi connectivity index (χ0v) is 25.4. The molecule has 4 saturated carbocycles. The normalized spacial score (nSPS) is 36.0. The summed E-state index contributed by atoms with van der Waals surface area (Å²) >= 11 is 0. The summed E-state index contributed by atoms with van der Waals surface area (Å²) in [5, 5.41) is 10.6. The van der Waals surface area contributed by atoms with Crippen LogP contribution in [0, 0.1) is 29.1 Å². The number of rotatable bonds is 7. The summed E-state index contributed by atoms with van der Waals surface area (Å²) in [4.78, 5) is 0. The van der Waals surface area contributed by atoms with Crippen LogP contribution < -0.4 is 0 Å². The Balaban J connectivity index is 1.45. The van der Waals surface area contributed by atoms with Gasteiger partial charge in [-0.3, -0.25) is 0 Å². The van der Waals surface area contributed by atoms with E-state index in [0.29, 0.717) is 35.2 Å². The topological polar surface area (TPSA) is 29.5 Å². The second kappa shape index (κ2) is 10.7. The highest BCUT2D eigenvalue weighted by atomic mass is 28.4. The summed E-state index contributed by atoms with van der Waals surface area (Å²) in [6, 6.07) is 0. The fraction of sp³-hybridized carbons (Fsp3) is 0.758. The molecule has 4 aliphatic carbocycles. The van der Waals surface area contributed by atoms with E-state index in [9.17, 15) is 5.11 Å². The maximum Gasteiger partial charge on any atom is 0.192 e. The molecular weight excluding hydrogens is 456 g/mol. The van der Waals surface area contributed by atoms with Gasteiger partial charge in [-0.1, -0.05) is 76.6 Å². The molecule has 4 fully saturated rings. The molecule has 0 spiro atoms. The molecule has 0 saturated heterocycles. The second-order valence-corrected chi connectivity index (χ2v) is 19.2. The summed E-state index contributed by atoms with van der Waals surface area (Å²) in [7, 11) is -1.76. The molecular formula is C33H54O2Si. The van der Waals surface area contributed by atoms with Gasteiger partial charge in [0.05, 0.1) is 6.10 Å². The Morgan fingerprint density at radius 3 is 2.44 bits per heavy atom. The predicted molar refractivity (Wildman–Crippen MR) is 156 cm³/mol. The van der Waals surface area contributed by atoms with Crippen LogP contribution in [-0.4, -0.2) is 25.6 Å². The first-order chi connectivity index (χ1) is 16.8. The highest BCUT2D eigenvalue weighted by Gasteiger charge is 2.50. The first kappa shape index (κ1) is 28.1. The van der Waals surface area contributed by atoms with E-state index < -0.39 is 8.32 Å². The molecule has 0 amide bonds. The average Bonchev–Trinajstić information content (AvgIpc) is 3.58. The summed E-state index contributed by atoms with van der Waals surface area (Å²) in [6.07, 6.45) is 21.6. The van der Waals surface area contributed by atoms with Crippen LogP contribution in [0.15, 0.2) is 47.6 Å². The Morgan fingerprint density at radius 1 is 1.06 bits per heavy atom. The monoisotopic (exact) mass is 510 g/mol. The lowest BCUT2D eigenvalue weighted by Gasteiger charge is -2.44. The van der Waals surface area contributed by atoms with E-state index in [2.05, 4.69) is 78.6 Å². The quantitative estimate of drug-likeness (QED) is 0.273. The van der Waals surface area contributed by atoms with E-state index in [1.807, 2.05) is 0 Å². The number of aliphatic hydroxyl groups is 1. The number of fused-ring (bicyclic) bond motifs is 1. The number of hydrogen-bond acceptors (Lipinski definition) is 2. The fourth-order valence-corrected chi connectivity index (χ4v) is 8.62. The van der Waals surface area contributed by atoms with Gasteiger partial charge in [-0.15, -0.1) is 0 Å². The SMILES string of the molecule is C=C1CC[C@H](O[Si](C)(C)C(C)(C)C)CC1=CC=C1CCC[C@]2(C)[C@@H]([C@H](C)C=C[C@@H](O)C3CC3)CC[C@@H]12. The van der Waals surface area contributed by atoms with Crippen LogP contribution >= 0.6 is 0 Å². The highest BCUT2D eigenvalue weighted by molar-refractivity contribution is 6.74. The van der Waals surface area contributed by atoms with E-state index in [-0.39, 0.29) is 11.1 Å². The molecule has 0 heterocycles. The van der Waals surface area contributed by atoms with Crippen LogP contribution in [0.25, 0.3) is 0 Å². The maximum atomic E-state index is 10.3. The highest BCUT2D eigenvalue weighted by Crippen LogP contribution is 2.59. The van der Waals surface area contributed by atoms with Gasteiger partial charge in [-0.2, -0.15) is 0 Å². The van der Waals surface area contributed by atoms with Gasteiger partial charge >= 0.3 is 0 Å². The lowest BCUT2D eigenvalue weighted by atomic mass is 9.61. The molecule has 36 heavy (non-hydrogen) atoms. The van der Waals surface area contributed by atoms with Crippen LogP contribution in [0.1, 0.15) is 98.8 Å². The molecule has 0 aromatic carbocycles. The van der Waals surface area contributed by atoms with Gasteiger partial charge in [0.2, 0.25) is 0 Å². The smallest absolute Gasteiger partial charge is 0.192 e. The minimum Gasteiger partial charge on any atom is -0.414 e. The Morgan fingerprint density at radius 2 is 1.78 bits per heavy atom. The third-order valence-corrected chi connectivity index (χ3v) is 15.4. The van der Waals surface area contributed by atoms with E-state index in [4.69, 9.17) is 4.43 Å². The van der Waals surface area contributed by atoms with E-state index in [0.717, 1.165) is 19.3 Å². The van der Waals surface area contributed by atoms with Gasteiger partial charge in [0.25, 0.3) is 0 Å². The Labute approximate surface area is 223 Å². The lowest BCUT2D eigenvalue weighted by molar-refractivity contribution is 0.111. The second-order valence-electron chi connectivity index (χ2n) is 14.4. The van der Waals surface area contributed by atoms with Crippen LogP contribution in [0.4, 0.5) is 0 Å². The number of hydrogen-bond donors (Lipinski definition) is 1. The van der Waals surface area contributed by atoms with Crippen LogP contribution in [0.2, 0.25) is 18.1 Å². The van der Waals surface area contributed by atoms with Crippen molar-refractivity contribution in [3.63, 3.8) is 0 Å². The van der Waals surface area contributed by atoms with Crippen molar-refractivity contribution in [3.05, 3.63) is 47.6 Å². The van der Waals surface area contributed by atoms with Crippen molar-refractivity contribution >= 4 is 8.32 Å². The average molecular weight is 511 g/mol. The standard InChI is InChI=1S/C33H54O2Si/c1-23-11-17-28(35-36(7,8)32(3,4)5)22-27(23)16-13-25-10-9-21-33(6)29(18-19-30(25)33)24(2)12-20-31(34)26-14-15-26/h12-13,16,20,24,26,28-31,34H,1,9-11,14-15,17-19,21-22H2,2-8H3/t24-,28+,29-,30+,31-,33-/m1/s1. The van der Waals surface area contributed by atoms with Gasteiger partial charge in [0.15, 0.2) is 8.32 Å².